The molecule has 26 heavy (non-hydrogen) atoms. The molecule has 1 aromatic carbocycles. The Morgan fingerprint density at radius 3 is 2.92 bits per heavy atom. The molecule has 0 bridgehead atoms. The second-order valence-corrected chi connectivity index (χ2v) is 5.71. The van der Waals surface area contributed by atoms with Crippen LogP contribution in [0, 0.1) is 0 Å². The fourth-order valence-corrected chi connectivity index (χ4v) is 2.75. The smallest absolute Gasteiger partial charge is 0.406 e. The average molecular weight is 366 g/mol. The van der Waals surface area contributed by atoms with Crippen molar-refractivity contribution in [1.82, 2.24) is 15.3 Å². The first-order chi connectivity index (χ1) is 12.4. The monoisotopic (exact) mass is 366 g/mol. The van der Waals surface area contributed by atoms with Crippen LogP contribution in [0.2, 0.25) is 0 Å². The van der Waals surface area contributed by atoms with Gasteiger partial charge in [0.25, 0.3) is 0 Å². The largest absolute Gasteiger partial charge is 0.493 e. The topological polar surface area (TPSA) is 70.2 Å². The number of imidazole rings is 1. The van der Waals surface area contributed by atoms with Crippen molar-refractivity contribution in [1.29, 1.82) is 0 Å². The van der Waals surface area contributed by atoms with Gasteiger partial charge in [-0.1, -0.05) is 0 Å². The highest BCUT2D eigenvalue weighted by Crippen LogP contribution is 2.37. The quantitative estimate of drug-likeness (QED) is 0.874. The SMILES string of the molecule is CNC(=O)N(CC(F)(F)F)c1ccc2c(c1)C(=Cc1cnc[nH]1)CCO2. The fourth-order valence-electron chi connectivity index (χ4n) is 2.75. The van der Waals surface area contributed by atoms with Gasteiger partial charge in [0.15, 0.2) is 0 Å². The highest BCUT2D eigenvalue weighted by atomic mass is 19.4. The number of hydrogen-bond donors (Lipinski definition) is 2. The van der Waals surface area contributed by atoms with E-state index >= 15 is 0 Å². The second-order valence-electron chi connectivity index (χ2n) is 5.71. The molecule has 6 nitrogen and oxygen atoms in total. The number of rotatable bonds is 3. The van der Waals surface area contributed by atoms with Gasteiger partial charge in [0, 0.05) is 24.7 Å². The molecule has 2 amide bonds. The first kappa shape index (κ1) is 17.8. The fraction of sp³-hybridized carbons (Fsp3) is 0.294. The van der Waals surface area contributed by atoms with Crippen molar-refractivity contribution in [3.63, 3.8) is 0 Å². The van der Waals surface area contributed by atoms with E-state index in [0.29, 0.717) is 29.2 Å². The molecule has 0 spiro atoms. The molecule has 9 heteroatoms. The van der Waals surface area contributed by atoms with Crippen LogP contribution in [0.25, 0.3) is 11.6 Å². The van der Waals surface area contributed by atoms with E-state index in [1.165, 1.54) is 19.2 Å². The number of nitrogens with one attached hydrogen (secondary N) is 2. The van der Waals surface area contributed by atoms with E-state index in [1.54, 1.807) is 18.6 Å². The van der Waals surface area contributed by atoms with E-state index in [-0.39, 0.29) is 5.69 Å². The van der Waals surface area contributed by atoms with Crippen molar-refractivity contribution in [2.75, 3.05) is 25.1 Å². The van der Waals surface area contributed by atoms with Gasteiger partial charge in [0.05, 0.1) is 24.8 Å². The predicted octanol–water partition coefficient (Wildman–Crippen LogP) is 3.44. The third-order valence-corrected chi connectivity index (χ3v) is 3.90. The number of halogens is 3. The van der Waals surface area contributed by atoms with Crippen LogP contribution in [-0.4, -0.2) is 42.4 Å². The summed E-state index contributed by atoms with van der Waals surface area (Å²) in [6.07, 6.45) is 1.13. The van der Waals surface area contributed by atoms with Crippen LogP contribution >= 0.6 is 0 Å². The number of alkyl halides is 3. The molecule has 0 saturated heterocycles. The number of anilines is 1. The van der Waals surface area contributed by atoms with E-state index in [9.17, 15) is 18.0 Å². The van der Waals surface area contributed by atoms with Gasteiger partial charge in [0.2, 0.25) is 0 Å². The molecular formula is C17H17F3N4O2. The van der Waals surface area contributed by atoms with Crippen molar-refractivity contribution in [3.05, 3.63) is 42.0 Å². The van der Waals surface area contributed by atoms with Crippen molar-refractivity contribution < 1.29 is 22.7 Å². The van der Waals surface area contributed by atoms with Crippen molar-refractivity contribution in [2.45, 2.75) is 12.6 Å². The van der Waals surface area contributed by atoms with Gasteiger partial charge in [-0.3, -0.25) is 4.90 Å². The molecule has 1 aliphatic heterocycles. The number of amides is 2. The van der Waals surface area contributed by atoms with Crippen LogP contribution in [0.5, 0.6) is 5.75 Å². The van der Waals surface area contributed by atoms with E-state index in [1.807, 2.05) is 6.08 Å². The summed E-state index contributed by atoms with van der Waals surface area (Å²) in [5, 5.41) is 2.24. The highest BCUT2D eigenvalue weighted by molar-refractivity contribution is 5.93. The Bertz CT molecular complexity index is 816. The van der Waals surface area contributed by atoms with Gasteiger partial charge in [-0.25, -0.2) is 9.78 Å². The molecule has 1 aliphatic rings. The number of hydrogen-bond acceptors (Lipinski definition) is 3. The molecule has 138 valence electrons. The molecule has 0 radical (unpaired) electrons. The number of H-pyrrole nitrogens is 1. The van der Waals surface area contributed by atoms with Crippen molar-refractivity contribution >= 4 is 23.4 Å². The molecule has 2 heterocycles. The summed E-state index contributed by atoms with van der Waals surface area (Å²) in [6, 6.07) is 3.73. The lowest BCUT2D eigenvalue weighted by molar-refractivity contribution is -0.118. The first-order valence-electron chi connectivity index (χ1n) is 7.89. The van der Waals surface area contributed by atoms with Gasteiger partial charge in [0.1, 0.15) is 12.3 Å². The summed E-state index contributed by atoms with van der Waals surface area (Å²) < 4.78 is 44.2. The lowest BCUT2D eigenvalue weighted by Crippen LogP contribution is -2.43. The Labute approximate surface area is 147 Å². The number of benzene rings is 1. The van der Waals surface area contributed by atoms with Crippen LogP contribution in [0.1, 0.15) is 17.7 Å². The van der Waals surface area contributed by atoms with Crippen LogP contribution in [0.3, 0.4) is 0 Å². The maximum absolute atomic E-state index is 12.9. The standard InChI is InChI=1S/C17H17F3N4O2/c1-21-16(25)24(9-17(18,19)20)13-2-3-15-14(7-13)11(4-5-26-15)6-12-8-22-10-23-12/h2-3,6-8,10H,4-5,9H2,1H3,(H,21,25)(H,22,23). The number of nitrogens with zero attached hydrogens (tertiary/aromatic N) is 2. The van der Waals surface area contributed by atoms with Gasteiger partial charge in [-0.15, -0.1) is 0 Å². The second kappa shape index (κ2) is 7.11. The molecule has 0 aliphatic carbocycles. The minimum atomic E-state index is -4.52. The van der Waals surface area contributed by atoms with E-state index in [4.69, 9.17) is 4.74 Å². The summed E-state index contributed by atoms with van der Waals surface area (Å²) in [5.41, 5.74) is 2.46. The molecule has 0 fully saturated rings. The van der Waals surface area contributed by atoms with Crippen LogP contribution in [0.4, 0.5) is 23.7 Å². The normalized spacial score (nSPS) is 15.3. The summed E-state index contributed by atoms with van der Waals surface area (Å²) in [7, 11) is 1.29. The lowest BCUT2D eigenvalue weighted by atomic mass is 9.98. The molecule has 2 N–H and O–H groups in total. The predicted molar refractivity (Wildman–Crippen MR) is 90.9 cm³/mol. The zero-order valence-corrected chi connectivity index (χ0v) is 13.9. The first-order valence-corrected chi connectivity index (χ1v) is 7.89. The number of urea groups is 1. The number of aromatic amines is 1. The molecule has 1 aromatic heterocycles. The third kappa shape index (κ3) is 3.98. The summed E-state index contributed by atoms with van der Waals surface area (Å²) in [6.45, 7) is -0.917. The van der Waals surface area contributed by atoms with Gasteiger partial charge in [-0.05, 0) is 29.8 Å². The van der Waals surface area contributed by atoms with Gasteiger partial charge in [-0.2, -0.15) is 13.2 Å². The minimum Gasteiger partial charge on any atom is -0.493 e. The molecular weight excluding hydrogens is 349 g/mol. The van der Waals surface area contributed by atoms with Crippen LogP contribution in [0.15, 0.2) is 30.7 Å². The Kier molecular flexibility index (Phi) is 4.88. The maximum atomic E-state index is 12.9. The van der Waals surface area contributed by atoms with Crippen molar-refractivity contribution in [3.8, 4) is 5.75 Å². The van der Waals surface area contributed by atoms with E-state index in [2.05, 4.69) is 15.3 Å². The van der Waals surface area contributed by atoms with Gasteiger partial charge >= 0.3 is 12.2 Å². The van der Waals surface area contributed by atoms with E-state index < -0.39 is 18.8 Å². The Balaban J connectivity index is 2.01. The molecule has 2 aromatic rings. The van der Waals surface area contributed by atoms with Gasteiger partial charge < -0.3 is 15.0 Å². The number of carbonyl (C=O) groups excluding carboxylic acids is 1. The molecule has 0 unspecified atom stereocenters. The number of fused-ring (bicyclic) bond motifs is 1. The minimum absolute atomic E-state index is 0.140. The van der Waals surface area contributed by atoms with Crippen molar-refractivity contribution in [2.24, 2.45) is 0 Å². The van der Waals surface area contributed by atoms with E-state index in [0.717, 1.165) is 11.3 Å². The zero-order valence-electron chi connectivity index (χ0n) is 13.9. The lowest BCUT2D eigenvalue weighted by Gasteiger charge is -2.26. The number of aromatic nitrogens is 2. The third-order valence-electron chi connectivity index (χ3n) is 3.90. The zero-order chi connectivity index (χ0) is 18.7. The number of ether oxygens (including phenoxy) is 1. The summed E-state index contributed by atoms with van der Waals surface area (Å²) in [4.78, 5) is 19.5. The molecule has 0 atom stereocenters. The number of carbonyl (C=O) groups is 1. The Morgan fingerprint density at radius 1 is 1.46 bits per heavy atom. The highest BCUT2D eigenvalue weighted by Gasteiger charge is 2.34. The molecule has 0 saturated carbocycles. The van der Waals surface area contributed by atoms with Crippen LogP contribution < -0.4 is 15.0 Å². The molecule has 3 rings (SSSR count). The Morgan fingerprint density at radius 2 is 2.27 bits per heavy atom. The maximum Gasteiger partial charge on any atom is 0.406 e. The summed E-state index contributed by atoms with van der Waals surface area (Å²) >= 11 is 0. The van der Waals surface area contributed by atoms with Crippen LogP contribution in [-0.2, 0) is 0 Å². The Hall–Kier alpha value is -2.97. The summed E-state index contributed by atoms with van der Waals surface area (Å²) in [5.74, 6) is 0.564. The average Bonchev–Trinajstić information content (AvgIpc) is 3.11.